The summed E-state index contributed by atoms with van der Waals surface area (Å²) < 4.78 is 10.4. The fourth-order valence-electron chi connectivity index (χ4n) is 2.59. The minimum atomic E-state index is -0.541. The number of ketones is 1. The topological polar surface area (TPSA) is 81.7 Å². The molecule has 2 aromatic rings. The summed E-state index contributed by atoms with van der Waals surface area (Å²) in [5, 5.41) is 2.63. The number of Topliss-reactive ketones (excluding diaryl/α,β-unsaturated/α-hetero) is 1. The number of carbonyl (C=O) groups excluding carboxylic acids is 3. The largest absolute Gasteiger partial charge is 0.482 e. The van der Waals surface area contributed by atoms with Crippen molar-refractivity contribution >= 4 is 23.3 Å². The Bertz CT molecular complexity index is 872. The summed E-state index contributed by atoms with van der Waals surface area (Å²) in [6.07, 6.45) is 0. The molecule has 0 atom stereocenters. The molecule has 0 unspecified atom stereocenters. The van der Waals surface area contributed by atoms with Crippen molar-refractivity contribution in [2.24, 2.45) is 0 Å². The van der Waals surface area contributed by atoms with Crippen molar-refractivity contribution in [3.63, 3.8) is 0 Å². The van der Waals surface area contributed by atoms with Crippen LogP contribution in [0.25, 0.3) is 0 Å². The molecule has 0 fully saturated rings. The summed E-state index contributed by atoms with van der Waals surface area (Å²) in [7, 11) is 0. The third kappa shape index (κ3) is 3.68. The third-order valence-corrected chi connectivity index (χ3v) is 3.87. The molecule has 0 spiro atoms. The third-order valence-electron chi connectivity index (χ3n) is 3.87. The maximum absolute atomic E-state index is 12.3. The first-order valence-corrected chi connectivity index (χ1v) is 7.78. The molecule has 0 radical (unpaired) electrons. The summed E-state index contributed by atoms with van der Waals surface area (Å²) >= 11 is 0. The molecule has 1 amide bonds. The number of carbonyl (C=O) groups is 3. The van der Waals surface area contributed by atoms with Crippen molar-refractivity contribution in [1.29, 1.82) is 0 Å². The van der Waals surface area contributed by atoms with Crippen molar-refractivity contribution in [2.45, 2.75) is 13.8 Å². The number of aryl methyl sites for hydroxylation is 2. The van der Waals surface area contributed by atoms with E-state index in [0.717, 1.165) is 11.1 Å². The Morgan fingerprint density at radius 3 is 2.72 bits per heavy atom. The van der Waals surface area contributed by atoms with Crippen LogP contribution in [-0.4, -0.2) is 30.9 Å². The number of amides is 1. The number of ether oxygens (including phenoxy) is 2. The van der Waals surface area contributed by atoms with E-state index >= 15 is 0 Å². The average Bonchev–Trinajstić information content (AvgIpc) is 2.58. The molecule has 1 heterocycles. The summed E-state index contributed by atoms with van der Waals surface area (Å²) in [5.74, 6) is -0.678. The Balaban J connectivity index is 1.67. The first-order valence-electron chi connectivity index (χ1n) is 7.78. The van der Waals surface area contributed by atoms with Gasteiger partial charge in [0.05, 0.1) is 11.3 Å². The van der Waals surface area contributed by atoms with Gasteiger partial charge in [0, 0.05) is 5.56 Å². The number of hydrogen-bond donors (Lipinski definition) is 1. The zero-order valence-corrected chi connectivity index (χ0v) is 13.9. The lowest BCUT2D eigenvalue weighted by Crippen LogP contribution is -2.25. The first kappa shape index (κ1) is 16.7. The van der Waals surface area contributed by atoms with Crippen molar-refractivity contribution < 1.29 is 23.9 Å². The van der Waals surface area contributed by atoms with Crippen LogP contribution >= 0.6 is 0 Å². The Morgan fingerprint density at radius 1 is 1.16 bits per heavy atom. The van der Waals surface area contributed by atoms with Crippen LogP contribution in [0.5, 0.6) is 5.75 Å². The number of rotatable bonds is 4. The van der Waals surface area contributed by atoms with Crippen LogP contribution in [0.2, 0.25) is 0 Å². The number of nitrogens with one attached hydrogen (secondary N) is 1. The summed E-state index contributed by atoms with van der Waals surface area (Å²) in [6.45, 7) is 3.33. The first-order chi connectivity index (χ1) is 11.9. The lowest BCUT2D eigenvalue weighted by Gasteiger charge is -2.18. The van der Waals surface area contributed by atoms with Crippen LogP contribution in [-0.2, 0) is 9.53 Å². The Hall–Kier alpha value is -3.15. The average molecular weight is 339 g/mol. The van der Waals surface area contributed by atoms with Gasteiger partial charge >= 0.3 is 5.97 Å². The van der Waals surface area contributed by atoms with Crippen molar-refractivity contribution in [3.8, 4) is 5.75 Å². The Kier molecular flexibility index (Phi) is 4.52. The fourth-order valence-corrected chi connectivity index (χ4v) is 2.59. The molecule has 0 saturated heterocycles. The van der Waals surface area contributed by atoms with Crippen LogP contribution in [0.3, 0.4) is 0 Å². The van der Waals surface area contributed by atoms with Crippen LogP contribution in [0, 0.1) is 13.8 Å². The number of benzene rings is 2. The number of esters is 1. The van der Waals surface area contributed by atoms with Crippen LogP contribution < -0.4 is 10.1 Å². The number of hydrogen-bond acceptors (Lipinski definition) is 5. The van der Waals surface area contributed by atoms with E-state index in [1.807, 2.05) is 26.0 Å². The fraction of sp³-hybridized carbons (Fsp3) is 0.211. The second kappa shape index (κ2) is 6.76. The molecular formula is C19H17NO5. The zero-order valence-electron chi connectivity index (χ0n) is 13.9. The summed E-state index contributed by atoms with van der Waals surface area (Å²) in [4.78, 5) is 35.7. The molecule has 1 aliphatic heterocycles. The summed E-state index contributed by atoms with van der Waals surface area (Å²) in [6, 6.07) is 10.1. The highest BCUT2D eigenvalue weighted by Crippen LogP contribution is 2.28. The van der Waals surface area contributed by atoms with E-state index in [0.29, 0.717) is 22.6 Å². The SMILES string of the molecule is Cc1ccc(C(=O)OCC(=O)c2ccc3c(c2)NC(=O)CO3)c(C)c1. The van der Waals surface area contributed by atoms with E-state index in [-0.39, 0.29) is 24.9 Å². The lowest BCUT2D eigenvalue weighted by molar-refractivity contribution is -0.118. The lowest BCUT2D eigenvalue weighted by atomic mass is 10.1. The standard InChI is InChI=1S/C19H17NO5/c1-11-3-5-14(12(2)7-11)19(23)25-9-16(21)13-4-6-17-15(8-13)20-18(22)10-24-17/h3-8H,9-10H2,1-2H3,(H,20,22). The van der Waals surface area contributed by atoms with Gasteiger partial charge in [-0.05, 0) is 43.7 Å². The van der Waals surface area contributed by atoms with Crippen molar-refractivity contribution in [2.75, 3.05) is 18.5 Å². The number of fused-ring (bicyclic) bond motifs is 1. The second-order valence-corrected chi connectivity index (χ2v) is 5.87. The minimum absolute atomic E-state index is 0.0478. The molecule has 0 saturated carbocycles. The van der Waals surface area contributed by atoms with E-state index in [9.17, 15) is 14.4 Å². The molecule has 6 heteroatoms. The molecule has 1 aliphatic rings. The quantitative estimate of drug-likeness (QED) is 0.684. The van der Waals surface area contributed by atoms with E-state index in [4.69, 9.17) is 9.47 Å². The minimum Gasteiger partial charge on any atom is -0.482 e. The van der Waals surface area contributed by atoms with Gasteiger partial charge in [-0.15, -0.1) is 0 Å². The molecular weight excluding hydrogens is 322 g/mol. The normalized spacial score (nSPS) is 12.6. The van der Waals surface area contributed by atoms with Gasteiger partial charge in [-0.25, -0.2) is 4.79 Å². The predicted molar refractivity (Wildman–Crippen MR) is 91.1 cm³/mol. The highest BCUT2D eigenvalue weighted by Gasteiger charge is 2.19. The van der Waals surface area contributed by atoms with Gasteiger partial charge in [-0.1, -0.05) is 17.7 Å². The van der Waals surface area contributed by atoms with E-state index < -0.39 is 5.97 Å². The van der Waals surface area contributed by atoms with Gasteiger partial charge in [0.15, 0.2) is 19.0 Å². The van der Waals surface area contributed by atoms with E-state index in [2.05, 4.69) is 5.32 Å². The van der Waals surface area contributed by atoms with Gasteiger partial charge in [-0.2, -0.15) is 0 Å². The molecule has 128 valence electrons. The maximum atomic E-state index is 12.3. The maximum Gasteiger partial charge on any atom is 0.338 e. The van der Waals surface area contributed by atoms with Gasteiger partial charge in [0.25, 0.3) is 5.91 Å². The van der Waals surface area contributed by atoms with Crippen LogP contribution in [0.4, 0.5) is 5.69 Å². The van der Waals surface area contributed by atoms with Crippen molar-refractivity contribution in [1.82, 2.24) is 0 Å². The molecule has 0 aliphatic carbocycles. The molecule has 0 aromatic heterocycles. The molecule has 0 bridgehead atoms. The van der Waals surface area contributed by atoms with E-state index in [1.165, 1.54) is 6.07 Å². The number of anilines is 1. The molecule has 2 aromatic carbocycles. The Labute approximate surface area is 144 Å². The van der Waals surface area contributed by atoms with Gasteiger partial charge in [0.2, 0.25) is 0 Å². The molecule has 3 rings (SSSR count). The van der Waals surface area contributed by atoms with Gasteiger partial charge < -0.3 is 14.8 Å². The molecule has 6 nitrogen and oxygen atoms in total. The highest BCUT2D eigenvalue weighted by atomic mass is 16.5. The van der Waals surface area contributed by atoms with Crippen LogP contribution in [0.15, 0.2) is 36.4 Å². The van der Waals surface area contributed by atoms with Crippen LogP contribution in [0.1, 0.15) is 31.8 Å². The van der Waals surface area contributed by atoms with E-state index in [1.54, 1.807) is 18.2 Å². The van der Waals surface area contributed by atoms with Crippen molar-refractivity contribution in [3.05, 3.63) is 58.7 Å². The summed E-state index contributed by atoms with van der Waals surface area (Å²) in [5.41, 5.74) is 3.04. The predicted octanol–water partition coefficient (Wildman–Crippen LogP) is 2.67. The monoisotopic (exact) mass is 339 g/mol. The van der Waals surface area contributed by atoms with Gasteiger partial charge in [0.1, 0.15) is 5.75 Å². The molecule has 1 N–H and O–H groups in total. The zero-order chi connectivity index (χ0) is 18.0. The Morgan fingerprint density at radius 2 is 1.96 bits per heavy atom. The smallest absolute Gasteiger partial charge is 0.338 e. The molecule has 25 heavy (non-hydrogen) atoms. The van der Waals surface area contributed by atoms with Gasteiger partial charge in [-0.3, -0.25) is 9.59 Å². The second-order valence-electron chi connectivity index (χ2n) is 5.87. The highest BCUT2D eigenvalue weighted by molar-refractivity contribution is 6.02.